The molecule has 0 bridgehead atoms. The van der Waals surface area contributed by atoms with E-state index in [4.69, 9.17) is 0 Å². The van der Waals surface area contributed by atoms with Gasteiger partial charge in [0.25, 0.3) is 0 Å². The monoisotopic (exact) mass is 281 g/mol. The zero-order valence-corrected chi connectivity index (χ0v) is 10.6. The first-order chi connectivity index (χ1) is 4.29. The van der Waals surface area contributed by atoms with Crippen LogP contribution in [0, 0.1) is 0 Å². The van der Waals surface area contributed by atoms with E-state index < -0.39 is 24.3 Å². The molecule has 0 unspecified atom stereocenters. The SMILES string of the molecule is O=[P](=O)[Ti+3][C]1=CC=CC1.[Cl-].[Cl-].[Cl-]. The van der Waals surface area contributed by atoms with Gasteiger partial charge in [-0.05, 0) is 0 Å². The Morgan fingerprint density at radius 1 is 1.25 bits per heavy atom. The van der Waals surface area contributed by atoms with Crippen molar-refractivity contribution < 1.29 is 65.0 Å². The van der Waals surface area contributed by atoms with E-state index in [1.54, 1.807) is 0 Å². The summed E-state index contributed by atoms with van der Waals surface area (Å²) in [5.74, 6) is 0. The second-order valence-corrected chi connectivity index (χ2v) is 6.19. The number of allylic oxidation sites excluding steroid dienone is 4. The molecule has 0 saturated carbocycles. The van der Waals surface area contributed by atoms with Crippen molar-refractivity contribution in [1.82, 2.24) is 0 Å². The standard InChI is InChI=1S/C5H5.3ClH.O2P.Ti/c1-2-4-5-3-1;;;;1-3-2;/h1-3H,4H2;3*1H;;/q;;;;;+3/p-3. The minimum atomic E-state index is -2.09. The van der Waals surface area contributed by atoms with Gasteiger partial charge in [-0.25, -0.2) is 0 Å². The maximum absolute atomic E-state index is 10.2. The van der Waals surface area contributed by atoms with Gasteiger partial charge in [0.05, 0.1) is 0 Å². The van der Waals surface area contributed by atoms with Crippen LogP contribution in [0.3, 0.4) is 0 Å². The van der Waals surface area contributed by atoms with Crippen LogP contribution in [-0.4, -0.2) is 0 Å². The molecule has 0 fully saturated rings. The van der Waals surface area contributed by atoms with Crippen molar-refractivity contribution >= 4 is 5.67 Å². The van der Waals surface area contributed by atoms with Gasteiger partial charge in [0.15, 0.2) is 0 Å². The fourth-order valence-corrected chi connectivity index (χ4v) is 3.26. The summed E-state index contributed by atoms with van der Waals surface area (Å²) in [6, 6.07) is 0. The zero-order chi connectivity index (χ0) is 6.69. The van der Waals surface area contributed by atoms with Gasteiger partial charge in [0.1, 0.15) is 0 Å². The second-order valence-electron chi connectivity index (χ2n) is 1.69. The average molecular weight is 282 g/mol. The van der Waals surface area contributed by atoms with Gasteiger partial charge in [-0.1, -0.05) is 0 Å². The van der Waals surface area contributed by atoms with Crippen LogP contribution in [0.25, 0.3) is 0 Å². The van der Waals surface area contributed by atoms with Crippen LogP contribution < -0.4 is 37.2 Å². The molecule has 0 aromatic heterocycles. The zero-order valence-electron chi connectivity index (χ0n) is 5.84. The molecule has 7 heteroatoms. The normalized spacial score (nSPS) is 11.2. The summed E-state index contributed by atoms with van der Waals surface area (Å²) in [6.07, 6.45) is 6.67. The smallest absolute Gasteiger partial charge is 1.00 e. The number of halogens is 3. The van der Waals surface area contributed by atoms with Crippen molar-refractivity contribution in [2.75, 3.05) is 0 Å². The maximum atomic E-state index is 10.2. The van der Waals surface area contributed by atoms with Crippen LogP contribution in [-0.2, 0) is 27.8 Å². The van der Waals surface area contributed by atoms with Gasteiger partial charge < -0.3 is 37.2 Å². The first kappa shape index (κ1) is 18.7. The predicted octanol–water partition coefficient (Wildman–Crippen LogP) is -6.99. The quantitative estimate of drug-likeness (QED) is 0.373. The van der Waals surface area contributed by atoms with E-state index in [9.17, 15) is 9.13 Å². The Morgan fingerprint density at radius 3 is 2.17 bits per heavy atom. The summed E-state index contributed by atoms with van der Waals surface area (Å²) in [4.78, 5) is 0. The first-order valence-electron chi connectivity index (χ1n) is 2.56. The fraction of sp³-hybridized carbons (Fsp3) is 0.200. The molecule has 0 amide bonds. The molecule has 12 heavy (non-hydrogen) atoms. The fourth-order valence-electron chi connectivity index (χ4n) is 0.647. The van der Waals surface area contributed by atoms with Crippen LogP contribution in [0.15, 0.2) is 22.1 Å². The van der Waals surface area contributed by atoms with E-state index in [1.165, 1.54) is 0 Å². The van der Waals surface area contributed by atoms with Crippen molar-refractivity contribution in [3.63, 3.8) is 0 Å². The summed E-state index contributed by atoms with van der Waals surface area (Å²) >= 11 is -0.810. The number of rotatable bonds is 2. The second kappa shape index (κ2) is 10.0. The van der Waals surface area contributed by atoms with Crippen molar-refractivity contribution in [2.24, 2.45) is 0 Å². The Hall–Kier alpha value is 0.964. The van der Waals surface area contributed by atoms with Crippen molar-refractivity contribution in [2.45, 2.75) is 6.42 Å². The molecule has 0 radical (unpaired) electrons. The summed E-state index contributed by atoms with van der Waals surface area (Å²) < 4.78 is 21.5. The van der Waals surface area contributed by atoms with Gasteiger partial charge in [-0.15, -0.1) is 0 Å². The van der Waals surface area contributed by atoms with Gasteiger partial charge >= 0.3 is 62.0 Å². The molecule has 67 valence electrons. The topological polar surface area (TPSA) is 34.1 Å². The third kappa shape index (κ3) is 7.60. The molecule has 0 heterocycles. The van der Waals surface area contributed by atoms with Crippen LogP contribution in [0.2, 0.25) is 0 Å². The molecule has 1 rings (SSSR count). The molecule has 0 aromatic carbocycles. The van der Waals surface area contributed by atoms with Gasteiger partial charge in [-0.2, -0.15) is 0 Å². The molecule has 0 spiro atoms. The Morgan fingerprint density at radius 2 is 1.83 bits per heavy atom. The van der Waals surface area contributed by atoms with E-state index in [0.717, 1.165) is 10.3 Å². The van der Waals surface area contributed by atoms with Crippen molar-refractivity contribution in [3.05, 3.63) is 22.1 Å². The summed E-state index contributed by atoms with van der Waals surface area (Å²) in [6.45, 7) is 0. The molecule has 0 N–H and O–H groups in total. The molecule has 2 nitrogen and oxygen atoms in total. The summed E-state index contributed by atoms with van der Waals surface area (Å²) in [5, 5.41) is 0. The minimum Gasteiger partial charge on any atom is -1.00 e. The molecule has 0 atom stereocenters. The Labute approximate surface area is 98.7 Å². The largest absolute Gasteiger partial charge is 1.00 e. The third-order valence-electron chi connectivity index (χ3n) is 1.01. The van der Waals surface area contributed by atoms with Crippen molar-refractivity contribution in [3.8, 4) is 0 Å². The Kier molecular flexibility index (Phi) is 15.7. The van der Waals surface area contributed by atoms with E-state index in [2.05, 4.69) is 0 Å². The van der Waals surface area contributed by atoms with Crippen LogP contribution in [0.4, 0.5) is 0 Å². The van der Waals surface area contributed by atoms with E-state index in [-0.39, 0.29) is 37.2 Å². The summed E-state index contributed by atoms with van der Waals surface area (Å²) in [5.41, 5.74) is -2.09. The maximum Gasteiger partial charge on any atom is -1.00 e. The van der Waals surface area contributed by atoms with E-state index in [1.807, 2.05) is 18.2 Å². The third-order valence-corrected chi connectivity index (χ3v) is 4.26. The molecule has 0 aromatic rings. The van der Waals surface area contributed by atoms with Gasteiger partial charge in [0.2, 0.25) is 0 Å². The van der Waals surface area contributed by atoms with Gasteiger partial charge in [-0.3, -0.25) is 0 Å². The molecule has 0 saturated heterocycles. The average Bonchev–Trinajstić information content (AvgIpc) is 2.15. The number of hydrogen-bond acceptors (Lipinski definition) is 2. The predicted molar refractivity (Wildman–Crippen MR) is 30.1 cm³/mol. The van der Waals surface area contributed by atoms with E-state index in [0.29, 0.717) is 0 Å². The summed E-state index contributed by atoms with van der Waals surface area (Å²) in [7, 11) is 0. The molecule has 1 aliphatic rings. The molecule has 0 aliphatic heterocycles. The van der Waals surface area contributed by atoms with E-state index >= 15 is 0 Å². The van der Waals surface area contributed by atoms with Crippen LogP contribution in [0.1, 0.15) is 6.42 Å². The Bertz CT molecular complexity index is 229. The van der Waals surface area contributed by atoms with Crippen LogP contribution in [0.5, 0.6) is 0 Å². The van der Waals surface area contributed by atoms with Crippen molar-refractivity contribution in [1.29, 1.82) is 0 Å². The Balaban J connectivity index is -0.000000270. The first-order valence-corrected chi connectivity index (χ1v) is 6.61. The number of hydrogen-bond donors (Lipinski definition) is 0. The molecular weight excluding hydrogens is 277 g/mol. The van der Waals surface area contributed by atoms with Gasteiger partial charge in [0, 0.05) is 0 Å². The molecular formula is C5H5Cl3O2PTi. The molecule has 1 aliphatic carbocycles. The van der Waals surface area contributed by atoms with Crippen LogP contribution >= 0.6 is 5.67 Å². The minimum absolute atomic E-state index is 0.